The van der Waals surface area contributed by atoms with E-state index in [2.05, 4.69) is 5.32 Å². The molecule has 27 heavy (non-hydrogen) atoms. The van der Waals surface area contributed by atoms with Gasteiger partial charge in [-0.25, -0.2) is 0 Å². The van der Waals surface area contributed by atoms with Crippen LogP contribution in [0.3, 0.4) is 0 Å². The highest BCUT2D eigenvalue weighted by Gasteiger charge is 2.47. The van der Waals surface area contributed by atoms with Crippen LogP contribution in [-0.2, 0) is 23.9 Å². The van der Waals surface area contributed by atoms with Gasteiger partial charge in [0.25, 0.3) is 11.8 Å². The van der Waals surface area contributed by atoms with Crippen LogP contribution in [0.1, 0.15) is 23.2 Å². The van der Waals surface area contributed by atoms with Gasteiger partial charge in [-0.05, 0) is 25.0 Å². The smallest absolute Gasteiger partial charge is 0.326 e. The van der Waals surface area contributed by atoms with Crippen LogP contribution < -0.4 is 5.32 Å². The number of esters is 1. The lowest BCUT2D eigenvalue weighted by Crippen LogP contribution is -2.39. The Kier molecular flexibility index (Phi) is 5.44. The molecule has 1 aliphatic carbocycles. The lowest BCUT2D eigenvalue weighted by atomic mass is 9.85. The van der Waals surface area contributed by atoms with Crippen molar-refractivity contribution in [2.45, 2.75) is 12.8 Å². The molecule has 3 rings (SSSR count). The number of ether oxygens (including phenoxy) is 1. The number of fused-ring (bicyclic) bond motifs is 1. The fourth-order valence-electron chi connectivity index (χ4n) is 3.17. The maximum atomic E-state index is 12.3. The maximum absolute atomic E-state index is 12.3. The first-order chi connectivity index (χ1) is 13.0. The van der Waals surface area contributed by atoms with Crippen molar-refractivity contribution in [3.8, 4) is 0 Å². The second-order valence-electron chi connectivity index (χ2n) is 6.32. The number of nitrogens with zero attached hydrogens (tertiary/aromatic N) is 1. The minimum absolute atomic E-state index is 0.293. The SMILES string of the molecule is O=C(COC(=O)CN1C(=O)[C@@H]2CC=CC[C@H]2C1=O)NC(=O)c1ccccc1. The van der Waals surface area contributed by atoms with Crippen LogP contribution >= 0.6 is 0 Å². The third kappa shape index (κ3) is 4.11. The summed E-state index contributed by atoms with van der Waals surface area (Å²) < 4.78 is 4.79. The van der Waals surface area contributed by atoms with Crippen molar-refractivity contribution in [1.29, 1.82) is 0 Å². The average Bonchev–Trinajstić information content (AvgIpc) is 2.92. The molecule has 1 N–H and O–H groups in total. The number of nitrogens with one attached hydrogen (secondary N) is 1. The number of allylic oxidation sites excluding steroid dienone is 2. The highest BCUT2D eigenvalue weighted by Crippen LogP contribution is 2.34. The van der Waals surface area contributed by atoms with E-state index in [1.165, 1.54) is 12.1 Å². The zero-order valence-corrected chi connectivity index (χ0v) is 14.4. The Balaban J connectivity index is 1.47. The summed E-state index contributed by atoms with van der Waals surface area (Å²) in [7, 11) is 0. The molecule has 0 bridgehead atoms. The molecule has 0 aromatic heterocycles. The summed E-state index contributed by atoms with van der Waals surface area (Å²) in [5.74, 6) is -3.94. The molecule has 0 saturated carbocycles. The Morgan fingerprint density at radius 1 is 1.00 bits per heavy atom. The van der Waals surface area contributed by atoms with Crippen molar-refractivity contribution in [3.63, 3.8) is 0 Å². The van der Waals surface area contributed by atoms with Crippen molar-refractivity contribution in [1.82, 2.24) is 10.2 Å². The Morgan fingerprint density at radius 2 is 1.59 bits per heavy atom. The van der Waals surface area contributed by atoms with Crippen molar-refractivity contribution in [2.75, 3.05) is 13.2 Å². The summed E-state index contributed by atoms with van der Waals surface area (Å²) in [5.41, 5.74) is 0.293. The molecule has 1 aliphatic heterocycles. The third-order valence-corrected chi connectivity index (χ3v) is 4.54. The number of rotatable bonds is 5. The largest absolute Gasteiger partial charge is 0.454 e. The number of hydrogen-bond donors (Lipinski definition) is 1. The number of amides is 4. The van der Waals surface area contributed by atoms with Gasteiger partial charge < -0.3 is 4.74 Å². The molecule has 8 nitrogen and oxygen atoms in total. The number of carbonyl (C=O) groups excluding carboxylic acids is 5. The fourth-order valence-corrected chi connectivity index (χ4v) is 3.17. The van der Waals surface area contributed by atoms with Crippen molar-refractivity contribution < 1.29 is 28.7 Å². The molecular formula is C19H18N2O6. The van der Waals surface area contributed by atoms with E-state index >= 15 is 0 Å². The topological polar surface area (TPSA) is 110 Å². The predicted molar refractivity (Wildman–Crippen MR) is 91.9 cm³/mol. The molecule has 4 amide bonds. The first kappa shape index (κ1) is 18.5. The van der Waals surface area contributed by atoms with Crippen LogP contribution in [0.2, 0.25) is 0 Å². The van der Waals surface area contributed by atoms with Gasteiger partial charge >= 0.3 is 5.97 Å². The van der Waals surface area contributed by atoms with E-state index in [4.69, 9.17) is 4.74 Å². The van der Waals surface area contributed by atoms with E-state index in [-0.39, 0.29) is 0 Å². The fraction of sp³-hybridized carbons (Fsp3) is 0.316. The quantitative estimate of drug-likeness (QED) is 0.457. The first-order valence-corrected chi connectivity index (χ1v) is 8.52. The minimum Gasteiger partial charge on any atom is -0.454 e. The van der Waals surface area contributed by atoms with Gasteiger partial charge in [-0.1, -0.05) is 30.4 Å². The van der Waals surface area contributed by atoms with Crippen molar-refractivity contribution in [2.24, 2.45) is 11.8 Å². The average molecular weight is 370 g/mol. The van der Waals surface area contributed by atoms with E-state index in [1.807, 2.05) is 12.2 Å². The van der Waals surface area contributed by atoms with Gasteiger partial charge in [0.15, 0.2) is 6.61 Å². The highest BCUT2D eigenvalue weighted by molar-refractivity contribution is 6.07. The standard InChI is InChI=1S/C19H18N2O6/c22-15(20-17(24)12-6-2-1-3-7-12)11-27-16(23)10-21-18(25)13-8-4-5-9-14(13)19(21)26/h1-7,13-14H,8-11H2,(H,20,22,24)/t13-,14-/m1/s1. The number of likely N-dealkylation sites (tertiary alicyclic amines) is 1. The lowest BCUT2D eigenvalue weighted by Gasteiger charge is -2.14. The highest BCUT2D eigenvalue weighted by atomic mass is 16.5. The summed E-state index contributed by atoms with van der Waals surface area (Å²) in [5, 5.41) is 2.09. The van der Waals surface area contributed by atoms with Crippen molar-refractivity contribution in [3.05, 3.63) is 48.0 Å². The van der Waals surface area contributed by atoms with E-state index in [0.29, 0.717) is 18.4 Å². The van der Waals surface area contributed by atoms with E-state index in [0.717, 1.165) is 4.90 Å². The number of benzene rings is 1. The number of imide groups is 2. The molecule has 1 heterocycles. The van der Waals surface area contributed by atoms with E-state index < -0.39 is 54.6 Å². The molecule has 2 aliphatic rings. The van der Waals surface area contributed by atoms with Gasteiger partial charge in [0.2, 0.25) is 11.8 Å². The minimum atomic E-state index is -0.884. The summed E-state index contributed by atoms with van der Waals surface area (Å²) >= 11 is 0. The second kappa shape index (κ2) is 7.94. The van der Waals surface area contributed by atoms with Crippen LogP contribution in [0.5, 0.6) is 0 Å². The lowest BCUT2D eigenvalue weighted by molar-refractivity contribution is -0.154. The Morgan fingerprint density at radius 3 is 2.19 bits per heavy atom. The predicted octanol–water partition coefficient (Wildman–Crippen LogP) is 0.437. The Bertz CT molecular complexity index is 791. The normalized spacial score (nSPS) is 21.0. The second-order valence-corrected chi connectivity index (χ2v) is 6.32. The molecule has 1 aromatic carbocycles. The molecule has 140 valence electrons. The third-order valence-electron chi connectivity index (χ3n) is 4.54. The molecule has 0 spiro atoms. The van der Waals surface area contributed by atoms with Crippen molar-refractivity contribution >= 4 is 29.6 Å². The van der Waals surface area contributed by atoms with Gasteiger partial charge in [0, 0.05) is 5.56 Å². The molecule has 1 saturated heterocycles. The van der Waals surface area contributed by atoms with Gasteiger partial charge in [0.1, 0.15) is 6.54 Å². The van der Waals surface area contributed by atoms with E-state index in [1.54, 1.807) is 18.2 Å². The molecule has 1 fully saturated rings. The molecule has 1 aromatic rings. The zero-order valence-electron chi connectivity index (χ0n) is 14.4. The summed E-state index contributed by atoms with van der Waals surface area (Å²) in [6.45, 7) is -1.22. The monoisotopic (exact) mass is 370 g/mol. The molecular weight excluding hydrogens is 352 g/mol. The molecule has 8 heteroatoms. The van der Waals surface area contributed by atoms with Gasteiger partial charge in [-0.15, -0.1) is 0 Å². The van der Waals surface area contributed by atoms with Crippen LogP contribution in [-0.4, -0.2) is 47.6 Å². The van der Waals surface area contributed by atoms with Gasteiger partial charge in [0.05, 0.1) is 11.8 Å². The maximum Gasteiger partial charge on any atom is 0.326 e. The molecule has 2 atom stereocenters. The van der Waals surface area contributed by atoms with Gasteiger partial charge in [-0.3, -0.25) is 34.2 Å². The summed E-state index contributed by atoms with van der Waals surface area (Å²) in [6.07, 6.45) is 4.65. The zero-order chi connectivity index (χ0) is 19.4. The Hall–Kier alpha value is -3.29. The van der Waals surface area contributed by atoms with E-state index in [9.17, 15) is 24.0 Å². The summed E-state index contributed by atoms with van der Waals surface area (Å²) in [4.78, 5) is 60.9. The Labute approximate surface area is 155 Å². The van der Waals surface area contributed by atoms with Crippen LogP contribution in [0.25, 0.3) is 0 Å². The summed E-state index contributed by atoms with van der Waals surface area (Å²) in [6, 6.07) is 8.10. The van der Waals surface area contributed by atoms with Crippen LogP contribution in [0.4, 0.5) is 0 Å². The number of carbonyl (C=O) groups is 5. The molecule has 0 unspecified atom stereocenters. The van der Waals surface area contributed by atoms with Crippen LogP contribution in [0.15, 0.2) is 42.5 Å². The number of hydrogen-bond acceptors (Lipinski definition) is 6. The van der Waals surface area contributed by atoms with Crippen LogP contribution in [0, 0.1) is 11.8 Å². The molecule has 0 radical (unpaired) electrons. The first-order valence-electron chi connectivity index (χ1n) is 8.52. The van der Waals surface area contributed by atoms with Gasteiger partial charge in [-0.2, -0.15) is 0 Å².